The molecule has 0 aliphatic carbocycles. The van der Waals surface area contributed by atoms with Gasteiger partial charge < -0.3 is 18.6 Å². The number of carbonyl (C=O) groups excluding carboxylic acids is 1. The Morgan fingerprint density at radius 1 is 1.12 bits per heavy atom. The van der Waals surface area contributed by atoms with Crippen molar-refractivity contribution in [1.29, 1.82) is 0 Å². The van der Waals surface area contributed by atoms with Crippen molar-refractivity contribution in [3.8, 4) is 23.1 Å². The van der Waals surface area contributed by atoms with E-state index in [4.69, 9.17) is 23.6 Å². The molecule has 0 bridgehead atoms. The van der Waals surface area contributed by atoms with Crippen LogP contribution in [0.2, 0.25) is 0 Å². The Bertz CT molecular complexity index is 1770. The van der Waals surface area contributed by atoms with Crippen LogP contribution >= 0.6 is 0 Å². The monoisotopic (exact) mass is 537 g/mol. The number of hydrogen-bond donors (Lipinski definition) is 0. The van der Waals surface area contributed by atoms with Crippen LogP contribution in [0.5, 0.6) is 11.5 Å². The lowest BCUT2D eigenvalue weighted by Gasteiger charge is -2.15. The predicted molar refractivity (Wildman–Crippen MR) is 153 cm³/mol. The van der Waals surface area contributed by atoms with Crippen LogP contribution in [0.4, 0.5) is 0 Å². The lowest BCUT2D eigenvalue weighted by Crippen LogP contribution is -2.20. The second kappa shape index (κ2) is 11.7. The van der Waals surface area contributed by atoms with Gasteiger partial charge in [-0.1, -0.05) is 36.4 Å². The Labute approximate surface area is 229 Å². The maximum Gasteiger partial charge on any atom is 0.344 e. The van der Waals surface area contributed by atoms with E-state index in [1.165, 1.54) is 18.0 Å². The summed E-state index contributed by atoms with van der Waals surface area (Å²) < 4.78 is 23.5. The number of aromatic nitrogens is 2. The number of methoxy groups -OCH3 is 1. The number of rotatable bonds is 10. The molecule has 0 atom stereocenters. The van der Waals surface area contributed by atoms with E-state index in [0.29, 0.717) is 45.7 Å². The minimum absolute atomic E-state index is 0.257. The first kappa shape index (κ1) is 26.4. The zero-order chi connectivity index (χ0) is 28.1. The summed E-state index contributed by atoms with van der Waals surface area (Å²) in [7, 11) is 1.50. The summed E-state index contributed by atoms with van der Waals surface area (Å²) in [6.45, 7) is 5.54. The molecule has 2 heterocycles. The third-order valence-electron chi connectivity index (χ3n) is 6.10. The standard InChI is InChI=1S/C31H27N3O6/c1-4-10-22-15-20(16-26(37-3)29(22)39-19-28(35)38-5-2)18-32-34-30(27-17-21-11-6-9-14-25(21)40-27)33-24-13-8-7-12-23(24)31(34)36/h4,6-9,11-18H,1,5,10,19H2,2-3H3. The molecule has 0 aliphatic heterocycles. The molecule has 9 nitrogen and oxygen atoms in total. The van der Waals surface area contributed by atoms with Crippen molar-refractivity contribution in [2.24, 2.45) is 5.10 Å². The third kappa shape index (κ3) is 5.35. The van der Waals surface area contributed by atoms with Crippen LogP contribution in [0.15, 0.2) is 93.7 Å². The van der Waals surface area contributed by atoms with E-state index >= 15 is 0 Å². The van der Waals surface area contributed by atoms with Gasteiger partial charge >= 0.3 is 5.97 Å². The largest absolute Gasteiger partial charge is 0.493 e. The molecule has 0 fully saturated rings. The van der Waals surface area contributed by atoms with Crippen molar-refractivity contribution < 1.29 is 23.4 Å². The van der Waals surface area contributed by atoms with E-state index in [0.717, 1.165) is 10.9 Å². The van der Waals surface area contributed by atoms with Gasteiger partial charge in [0, 0.05) is 10.9 Å². The molecule has 0 unspecified atom stereocenters. The van der Waals surface area contributed by atoms with Crippen molar-refractivity contribution in [2.45, 2.75) is 13.3 Å². The Morgan fingerprint density at radius 3 is 2.70 bits per heavy atom. The molecule has 5 rings (SSSR count). The SMILES string of the molecule is C=CCc1cc(C=Nn2c(-c3cc4ccccc4o3)nc3ccccc3c2=O)cc(OC)c1OCC(=O)OCC. The zero-order valence-electron chi connectivity index (χ0n) is 22.1. The van der Waals surface area contributed by atoms with Crippen LogP contribution < -0.4 is 15.0 Å². The fourth-order valence-electron chi connectivity index (χ4n) is 4.32. The fraction of sp³-hybridized carbons (Fsp3) is 0.161. The second-order valence-electron chi connectivity index (χ2n) is 8.76. The van der Waals surface area contributed by atoms with Gasteiger partial charge in [0.25, 0.3) is 5.56 Å². The van der Waals surface area contributed by atoms with Gasteiger partial charge in [-0.3, -0.25) is 4.79 Å². The number of ether oxygens (including phenoxy) is 3. The lowest BCUT2D eigenvalue weighted by molar-refractivity contribution is -0.145. The topological polar surface area (TPSA) is 105 Å². The first-order chi connectivity index (χ1) is 19.5. The quantitative estimate of drug-likeness (QED) is 0.134. The summed E-state index contributed by atoms with van der Waals surface area (Å²) in [5.74, 6) is 0.991. The highest BCUT2D eigenvalue weighted by molar-refractivity contribution is 5.85. The van der Waals surface area contributed by atoms with Gasteiger partial charge in [-0.15, -0.1) is 6.58 Å². The average Bonchev–Trinajstić information content (AvgIpc) is 3.40. The van der Waals surface area contributed by atoms with Crippen LogP contribution in [0.25, 0.3) is 33.5 Å². The van der Waals surface area contributed by atoms with Crippen LogP contribution in [0.3, 0.4) is 0 Å². The first-order valence-electron chi connectivity index (χ1n) is 12.7. The van der Waals surface area contributed by atoms with E-state index in [9.17, 15) is 9.59 Å². The zero-order valence-corrected chi connectivity index (χ0v) is 22.1. The van der Waals surface area contributed by atoms with Crippen molar-refractivity contribution in [3.05, 3.63) is 101 Å². The average molecular weight is 538 g/mol. The number of esters is 1. The van der Waals surface area contributed by atoms with Gasteiger partial charge in [0.05, 0.1) is 30.8 Å². The summed E-state index contributed by atoms with van der Waals surface area (Å²) in [4.78, 5) is 30.2. The van der Waals surface area contributed by atoms with Gasteiger partial charge in [-0.2, -0.15) is 9.78 Å². The Hall–Kier alpha value is -5.18. The smallest absolute Gasteiger partial charge is 0.344 e. The molecule has 202 valence electrons. The van der Waals surface area contributed by atoms with Crippen LogP contribution in [-0.2, 0) is 16.0 Å². The van der Waals surface area contributed by atoms with E-state index in [2.05, 4.69) is 11.7 Å². The molecule has 0 saturated carbocycles. The molecule has 0 radical (unpaired) electrons. The van der Waals surface area contributed by atoms with Gasteiger partial charge in [0.2, 0.25) is 5.82 Å². The number of para-hydroxylation sites is 2. The lowest BCUT2D eigenvalue weighted by atomic mass is 10.1. The molecule has 0 amide bonds. The number of fused-ring (bicyclic) bond motifs is 2. The van der Waals surface area contributed by atoms with Gasteiger partial charge in [0.1, 0.15) is 5.58 Å². The highest BCUT2D eigenvalue weighted by atomic mass is 16.6. The number of allylic oxidation sites excluding steroid dienone is 1. The number of benzene rings is 3. The fourth-order valence-corrected chi connectivity index (χ4v) is 4.32. The third-order valence-corrected chi connectivity index (χ3v) is 6.10. The number of hydrogen-bond acceptors (Lipinski definition) is 8. The van der Waals surface area contributed by atoms with E-state index in [1.807, 2.05) is 42.5 Å². The number of furan rings is 1. The summed E-state index contributed by atoms with van der Waals surface area (Å²) in [5.41, 5.74) is 2.22. The normalized spacial score (nSPS) is 11.2. The summed E-state index contributed by atoms with van der Waals surface area (Å²) in [6.07, 6.45) is 3.69. The van der Waals surface area contributed by atoms with E-state index < -0.39 is 5.97 Å². The van der Waals surface area contributed by atoms with Crippen LogP contribution in [0, 0.1) is 0 Å². The second-order valence-corrected chi connectivity index (χ2v) is 8.76. The highest BCUT2D eigenvalue weighted by Gasteiger charge is 2.18. The van der Waals surface area contributed by atoms with Crippen molar-refractivity contribution in [2.75, 3.05) is 20.3 Å². The number of carbonyl (C=O) groups is 1. The van der Waals surface area contributed by atoms with Crippen molar-refractivity contribution in [1.82, 2.24) is 9.66 Å². The molecule has 3 aromatic carbocycles. The predicted octanol–water partition coefficient (Wildman–Crippen LogP) is 5.37. The molecule has 0 N–H and O–H groups in total. The molecular weight excluding hydrogens is 510 g/mol. The molecule has 0 aliphatic rings. The van der Waals surface area contributed by atoms with E-state index in [1.54, 1.807) is 37.3 Å². The molecule has 9 heteroatoms. The summed E-state index contributed by atoms with van der Waals surface area (Å²) >= 11 is 0. The first-order valence-corrected chi connectivity index (χ1v) is 12.7. The minimum Gasteiger partial charge on any atom is -0.493 e. The maximum absolute atomic E-state index is 13.6. The highest BCUT2D eigenvalue weighted by Crippen LogP contribution is 2.33. The molecule has 40 heavy (non-hydrogen) atoms. The van der Waals surface area contributed by atoms with E-state index in [-0.39, 0.29) is 24.6 Å². The van der Waals surface area contributed by atoms with Crippen LogP contribution in [0.1, 0.15) is 18.1 Å². The molecule has 5 aromatic rings. The van der Waals surface area contributed by atoms with Crippen LogP contribution in [-0.4, -0.2) is 42.2 Å². The molecule has 2 aromatic heterocycles. The Kier molecular flexibility index (Phi) is 7.72. The Morgan fingerprint density at radius 2 is 1.93 bits per heavy atom. The van der Waals surface area contributed by atoms with Gasteiger partial charge in [-0.25, -0.2) is 9.78 Å². The molecule has 0 spiro atoms. The molecule has 0 saturated heterocycles. The Balaban J connectivity index is 1.60. The van der Waals surface area contributed by atoms with Crippen molar-refractivity contribution >= 4 is 34.1 Å². The number of nitrogens with zero attached hydrogens (tertiary/aromatic N) is 3. The van der Waals surface area contributed by atoms with Gasteiger partial charge in [0.15, 0.2) is 23.9 Å². The molecular formula is C31H27N3O6. The summed E-state index contributed by atoms with van der Waals surface area (Å²) in [5, 5.41) is 5.84. The van der Waals surface area contributed by atoms with Gasteiger partial charge in [-0.05, 0) is 55.3 Å². The maximum atomic E-state index is 13.6. The van der Waals surface area contributed by atoms with Crippen molar-refractivity contribution in [3.63, 3.8) is 0 Å². The summed E-state index contributed by atoms with van der Waals surface area (Å²) in [6, 6.07) is 20.0. The minimum atomic E-state index is -0.485.